The van der Waals surface area contributed by atoms with Gasteiger partial charge in [-0.1, -0.05) is 72.8 Å². The predicted molar refractivity (Wildman–Crippen MR) is 100 cm³/mol. The predicted octanol–water partition coefficient (Wildman–Crippen LogP) is 4.93. The third-order valence-electron chi connectivity index (χ3n) is 3.55. The minimum absolute atomic E-state index is 0.215. The lowest BCUT2D eigenvalue weighted by Crippen LogP contribution is -2.32. The lowest BCUT2D eigenvalue weighted by atomic mass is 9.94. The number of allylic oxidation sites excluding steroid dienone is 1. The fourth-order valence-electron chi connectivity index (χ4n) is 2.39. The van der Waals surface area contributed by atoms with Crippen molar-refractivity contribution in [3.05, 3.63) is 77.9 Å². The molecule has 0 aromatic heterocycles. The van der Waals surface area contributed by atoms with Crippen LogP contribution < -0.4 is 0 Å². The summed E-state index contributed by atoms with van der Waals surface area (Å²) in [6, 6.07) is 18.6. The number of ketones is 1. The maximum atomic E-state index is 12.8. The van der Waals surface area contributed by atoms with E-state index in [1.54, 1.807) is 45.0 Å². The van der Waals surface area contributed by atoms with Gasteiger partial charge in [0.25, 0.3) is 0 Å². The summed E-state index contributed by atoms with van der Waals surface area (Å²) in [5.74, 6) is -1.55. The quantitative estimate of drug-likeness (QED) is 0.427. The fourth-order valence-corrected chi connectivity index (χ4v) is 2.39. The third kappa shape index (κ3) is 6.03. The van der Waals surface area contributed by atoms with Gasteiger partial charge in [-0.25, -0.2) is 0 Å². The molecular formula is C22H24O3. The summed E-state index contributed by atoms with van der Waals surface area (Å²) in [6.45, 7) is 5.40. The fraction of sp³-hybridized carbons (Fsp3) is 0.273. The zero-order chi connectivity index (χ0) is 18.3. The van der Waals surface area contributed by atoms with Crippen LogP contribution in [0.25, 0.3) is 6.08 Å². The smallest absolute Gasteiger partial charge is 0.317 e. The zero-order valence-electron chi connectivity index (χ0n) is 14.9. The summed E-state index contributed by atoms with van der Waals surface area (Å²) < 4.78 is 5.45. The van der Waals surface area contributed by atoms with Crippen LogP contribution in [-0.4, -0.2) is 17.4 Å². The molecule has 0 fully saturated rings. The Morgan fingerprint density at radius 2 is 1.52 bits per heavy atom. The van der Waals surface area contributed by atoms with Crippen molar-refractivity contribution in [3.8, 4) is 0 Å². The Bertz CT molecular complexity index is 725. The highest BCUT2D eigenvalue weighted by Crippen LogP contribution is 2.19. The minimum Gasteiger partial charge on any atom is -0.459 e. The van der Waals surface area contributed by atoms with E-state index in [0.29, 0.717) is 12.0 Å². The first kappa shape index (κ1) is 18.7. The monoisotopic (exact) mass is 336 g/mol. The van der Waals surface area contributed by atoms with Crippen LogP contribution in [-0.2, 0) is 9.53 Å². The molecule has 2 aromatic rings. The Hall–Kier alpha value is -2.68. The number of esters is 1. The SMILES string of the molecule is CC(C)(C)OC(=O)C(C/C=C/c1ccccc1)C(=O)c1ccccc1. The van der Waals surface area contributed by atoms with Gasteiger partial charge < -0.3 is 4.74 Å². The number of Topliss-reactive ketones (excluding diaryl/α,β-unsaturated/α-hetero) is 1. The molecule has 3 nitrogen and oxygen atoms in total. The van der Waals surface area contributed by atoms with Crippen molar-refractivity contribution in [2.45, 2.75) is 32.8 Å². The second-order valence-electron chi connectivity index (χ2n) is 6.87. The number of hydrogen-bond acceptors (Lipinski definition) is 3. The molecule has 1 unspecified atom stereocenters. The maximum Gasteiger partial charge on any atom is 0.317 e. The van der Waals surface area contributed by atoms with E-state index >= 15 is 0 Å². The summed E-state index contributed by atoms with van der Waals surface area (Å²) in [7, 11) is 0. The molecule has 1 atom stereocenters. The molecular weight excluding hydrogens is 312 g/mol. The minimum atomic E-state index is -0.846. The van der Waals surface area contributed by atoms with Gasteiger partial charge in [0, 0.05) is 5.56 Å². The molecule has 0 aliphatic heterocycles. The molecule has 0 aliphatic rings. The van der Waals surface area contributed by atoms with Crippen LogP contribution in [0, 0.1) is 5.92 Å². The number of rotatable bonds is 6. The standard InChI is InChI=1S/C22H24O3/c1-22(2,3)25-21(24)19(20(23)18-14-8-5-9-15-18)16-10-13-17-11-6-4-7-12-17/h4-15,19H,16H2,1-3H3/b13-10+. The van der Waals surface area contributed by atoms with Gasteiger partial charge in [-0.15, -0.1) is 0 Å². The molecule has 0 heterocycles. The van der Waals surface area contributed by atoms with Crippen molar-refractivity contribution in [1.29, 1.82) is 0 Å². The molecule has 0 amide bonds. The van der Waals surface area contributed by atoms with Crippen LogP contribution in [0.4, 0.5) is 0 Å². The van der Waals surface area contributed by atoms with Gasteiger partial charge in [0.1, 0.15) is 11.5 Å². The van der Waals surface area contributed by atoms with Crippen molar-refractivity contribution in [2.75, 3.05) is 0 Å². The summed E-state index contributed by atoms with van der Waals surface area (Å²) >= 11 is 0. The molecule has 0 bridgehead atoms. The molecule has 0 N–H and O–H groups in total. The molecule has 0 aliphatic carbocycles. The van der Waals surface area contributed by atoms with Crippen molar-refractivity contribution in [1.82, 2.24) is 0 Å². The number of hydrogen-bond donors (Lipinski definition) is 0. The van der Waals surface area contributed by atoms with Crippen molar-refractivity contribution >= 4 is 17.8 Å². The Kier molecular flexibility index (Phi) is 6.29. The van der Waals surface area contributed by atoms with Gasteiger partial charge in [0.15, 0.2) is 5.78 Å². The van der Waals surface area contributed by atoms with Gasteiger partial charge in [0.2, 0.25) is 0 Å². The Morgan fingerprint density at radius 3 is 2.08 bits per heavy atom. The summed E-state index contributed by atoms with van der Waals surface area (Å²) in [5.41, 5.74) is 0.916. The van der Waals surface area contributed by atoms with E-state index in [1.165, 1.54) is 0 Å². The molecule has 25 heavy (non-hydrogen) atoms. The van der Waals surface area contributed by atoms with Gasteiger partial charge in [-0.3, -0.25) is 9.59 Å². The van der Waals surface area contributed by atoms with E-state index in [-0.39, 0.29) is 5.78 Å². The maximum absolute atomic E-state index is 12.8. The molecule has 130 valence electrons. The molecule has 0 spiro atoms. The highest BCUT2D eigenvalue weighted by atomic mass is 16.6. The average molecular weight is 336 g/mol. The summed E-state index contributed by atoms with van der Waals surface area (Å²) in [5, 5.41) is 0. The molecule has 3 heteroatoms. The van der Waals surface area contributed by atoms with Crippen LogP contribution in [0.2, 0.25) is 0 Å². The number of ether oxygens (including phenoxy) is 1. The Morgan fingerprint density at radius 1 is 0.960 bits per heavy atom. The molecule has 0 saturated heterocycles. The lowest BCUT2D eigenvalue weighted by Gasteiger charge is -2.23. The van der Waals surface area contributed by atoms with Crippen LogP contribution in [0.3, 0.4) is 0 Å². The number of carbonyl (C=O) groups excluding carboxylic acids is 2. The molecule has 2 rings (SSSR count). The van der Waals surface area contributed by atoms with Gasteiger partial charge >= 0.3 is 5.97 Å². The van der Waals surface area contributed by atoms with E-state index < -0.39 is 17.5 Å². The Labute approximate surface area is 149 Å². The van der Waals surface area contributed by atoms with E-state index in [9.17, 15) is 9.59 Å². The van der Waals surface area contributed by atoms with Crippen molar-refractivity contribution < 1.29 is 14.3 Å². The highest BCUT2D eigenvalue weighted by molar-refractivity contribution is 6.08. The number of benzene rings is 2. The van der Waals surface area contributed by atoms with E-state index in [1.807, 2.05) is 48.6 Å². The lowest BCUT2D eigenvalue weighted by molar-refractivity contribution is -0.157. The van der Waals surface area contributed by atoms with E-state index in [4.69, 9.17) is 4.74 Å². The second-order valence-corrected chi connectivity index (χ2v) is 6.87. The van der Waals surface area contributed by atoms with E-state index in [2.05, 4.69) is 0 Å². The summed E-state index contributed by atoms with van der Waals surface area (Å²) in [4.78, 5) is 25.3. The number of carbonyl (C=O) groups is 2. The largest absolute Gasteiger partial charge is 0.459 e. The van der Waals surface area contributed by atoms with Crippen molar-refractivity contribution in [2.24, 2.45) is 5.92 Å². The third-order valence-corrected chi connectivity index (χ3v) is 3.55. The second kappa shape index (κ2) is 8.43. The Balaban J connectivity index is 2.18. The normalized spacial score (nSPS) is 12.8. The average Bonchev–Trinajstić information content (AvgIpc) is 2.58. The van der Waals surface area contributed by atoms with Crippen LogP contribution in [0.5, 0.6) is 0 Å². The van der Waals surface area contributed by atoms with Crippen LogP contribution in [0.15, 0.2) is 66.7 Å². The zero-order valence-corrected chi connectivity index (χ0v) is 14.9. The van der Waals surface area contributed by atoms with E-state index in [0.717, 1.165) is 5.56 Å². The van der Waals surface area contributed by atoms with Crippen LogP contribution >= 0.6 is 0 Å². The molecule has 0 radical (unpaired) electrons. The first-order valence-corrected chi connectivity index (χ1v) is 8.40. The first-order valence-electron chi connectivity index (χ1n) is 8.40. The topological polar surface area (TPSA) is 43.4 Å². The van der Waals surface area contributed by atoms with Crippen LogP contribution in [0.1, 0.15) is 43.1 Å². The van der Waals surface area contributed by atoms with Gasteiger partial charge in [-0.05, 0) is 32.8 Å². The van der Waals surface area contributed by atoms with Crippen molar-refractivity contribution in [3.63, 3.8) is 0 Å². The molecule has 0 saturated carbocycles. The first-order chi connectivity index (χ1) is 11.9. The van der Waals surface area contributed by atoms with Gasteiger partial charge in [-0.2, -0.15) is 0 Å². The summed E-state index contributed by atoms with van der Waals surface area (Å²) in [6.07, 6.45) is 4.07. The highest BCUT2D eigenvalue weighted by Gasteiger charge is 2.30. The molecule has 2 aromatic carbocycles. The van der Waals surface area contributed by atoms with Gasteiger partial charge in [0.05, 0.1) is 0 Å².